The standard InChI is InChI=1S/C25H38O/c1-23(2,3)20-16-25(17-21(22(20)26)24(4,5)6)14-10-13-19(15-25)18-11-8-7-9-12-18/h13,16-18H,7-12,14-15H2,1-6H3. The number of hydrogen-bond acceptors (Lipinski definition) is 1. The normalized spacial score (nSPS) is 25.0. The zero-order valence-electron chi connectivity index (χ0n) is 17.9. The second-order valence-corrected chi connectivity index (χ2v) is 11.0. The van der Waals surface area contributed by atoms with E-state index in [1.165, 1.54) is 32.1 Å². The Morgan fingerprint density at radius 3 is 1.92 bits per heavy atom. The largest absolute Gasteiger partial charge is 0.289 e. The average molecular weight is 355 g/mol. The maximum Gasteiger partial charge on any atom is 0.185 e. The number of rotatable bonds is 1. The van der Waals surface area contributed by atoms with Gasteiger partial charge < -0.3 is 0 Å². The highest BCUT2D eigenvalue weighted by molar-refractivity contribution is 6.11. The molecule has 3 rings (SSSR count). The third-order valence-corrected chi connectivity index (χ3v) is 6.65. The molecular weight excluding hydrogens is 316 g/mol. The molecule has 0 unspecified atom stereocenters. The summed E-state index contributed by atoms with van der Waals surface area (Å²) in [6.07, 6.45) is 17.6. The van der Waals surface area contributed by atoms with Gasteiger partial charge in [-0.15, -0.1) is 0 Å². The minimum absolute atomic E-state index is 0.0562. The number of ketones is 1. The number of carbonyl (C=O) groups excluding carboxylic acids is 1. The highest BCUT2D eigenvalue weighted by atomic mass is 16.1. The van der Waals surface area contributed by atoms with Crippen LogP contribution in [0.3, 0.4) is 0 Å². The lowest BCUT2D eigenvalue weighted by Gasteiger charge is -2.42. The maximum atomic E-state index is 13.3. The Morgan fingerprint density at radius 1 is 0.885 bits per heavy atom. The van der Waals surface area contributed by atoms with Gasteiger partial charge in [-0.25, -0.2) is 0 Å². The number of hydrogen-bond donors (Lipinski definition) is 0. The first-order chi connectivity index (χ1) is 12.0. The van der Waals surface area contributed by atoms with E-state index < -0.39 is 0 Å². The van der Waals surface area contributed by atoms with Crippen molar-refractivity contribution in [2.24, 2.45) is 22.2 Å². The lowest BCUT2D eigenvalue weighted by Crippen LogP contribution is -2.35. The summed E-state index contributed by atoms with van der Waals surface area (Å²) < 4.78 is 0. The molecule has 0 aromatic rings. The first-order valence-electron chi connectivity index (χ1n) is 10.7. The SMILES string of the molecule is CC(C)(C)C1=CC2(C=C(C(C)(C)C)C1=O)CCC=C(C1CCCCC1)C2. The number of Topliss-reactive ketones (excluding diaryl/α,β-unsaturated/α-hetero) is 1. The Bertz CT molecular complexity index is 617. The molecular formula is C25H38O. The fourth-order valence-electron chi connectivity index (χ4n) is 5.10. The van der Waals surface area contributed by atoms with Gasteiger partial charge in [0.25, 0.3) is 0 Å². The van der Waals surface area contributed by atoms with Crippen LogP contribution < -0.4 is 0 Å². The van der Waals surface area contributed by atoms with Crippen LogP contribution in [0.2, 0.25) is 0 Å². The zero-order chi connectivity index (χ0) is 19.2. The molecule has 0 saturated heterocycles. The highest BCUT2D eigenvalue weighted by Gasteiger charge is 2.42. The average Bonchev–Trinajstić information content (AvgIpc) is 2.56. The first kappa shape index (κ1) is 19.6. The van der Waals surface area contributed by atoms with Gasteiger partial charge in [0.1, 0.15) is 0 Å². The van der Waals surface area contributed by atoms with E-state index in [1.54, 1.807) is 5.57 Å². The van der Waals surface area contributed by atoms with Gasteiger partial charge in [0.2, 0.25) is 0 Å². The molecule has 0 atom stereocenters. The van der Waals surface area contributed by atoms with Crippen LogP contribution in [-0.2, 0) is 4.79 Å². The molecule has 0 aromatic carbocycles. The van der Waals surface area contributed by atoms with Crippen LogP contribution in [0.5, 0.6) is 0 Å². The van der Waals surface area contributed by atoms with Crippen LogP contribution in [0.1, 0.15) is 92.9 Å². The number of allylic oxidation sites excluding steroid dienone is 6. The lowest BCUT2D eigenvalue weighted by atomic mass is 9.61. The Morgan fingerprint density at radius 2 is 1.42 bits per heavy atom. The monoisotopic (exact) mass is 354 g/mol. The molecule has 1 saturated carbocycles. The van der Waals surface area contributed by atoms with Gasteiger partial charge in [0, 0.05) is 16.6 Å². The van der Waals surface area contributed by atoms with Crippen LogP contribution >= 0.6 is 0 Å². The van der Waals surface area contributed by atoms with Crippen LogP contribution in [0.25, 0.3) is 0 Å². The summed E-state index contributed by atoms with van der Waals surface area (Å²) in [5, 5.41) is 0. The Kier molecular flexibility index (Phi) is 5.14. The quantitative estimate of drug-likeness (QED) is 0.455. The molecule has 0 radical (unpaired) electrons. The summed E-state index contributed by atoms with van der Waals surface area (Å²) in [5.41, 5.74) is 3.62. The zero-order valence-corrected chi connectivity index (χ0v) is 17.9. The molecule has 1 heteroatoms. The van der Waals surface area contributed by atoms with Gasteiger partial charge >= 0.3 is 0 Å². The van der Waals surface area contributed by atoms with Gasteiger partial charge in [-0.3, -0.25) is 4.79 Å². The van der Waals surface area contributed by atoms with Crippen molar-refractivity contribution in [3.8, 4) is 0 Å². The van der Waals surface area contributed by atoms with Crippen LogP contribution in [0.15, 0.2) is 34.9 Å². The summed E-state index contributed by atoms with van der Waals surface area (Å²) in [6.45, 7) is 13.1. The summed E-state index contributed by atoms with van der Waals surface area (Å²) in [5.74, 6) is 1.07. The molecule has 0 N–H and O–H groups in total. The molecule has 0 amide bonds. The van der Waals surface area contributed by atoms with E-state index in [0.717, 1.165) is 36.3 Å². The fraction of sp³-hybridized carbons (Fsp3) is 0.720. The summed E-state index contributed by atoms with van der Waals surface area (Å²) in [7, 11) is 0. The molecule has 1 spiro atoms. The Hall–Kier alpha value is -1.11. The van der Waals surface area contributed by atoms with Crippen molar-refractivity contribution < 1.29 is 4.79 Å². The third kappa shape index (κ3) is 3.92. The molecule has 0 heterocycles. The predicted octanol–water partition coefficient (Wildman–Crippen LogP) is 7.19. The smallest absolute Gasteiger partial charge is 0.185 e. The molecule has 3 aliphatic rings. The molecule has 0 aromatic heterocycles. The van der Waals surface area contributed by atoms with E-state index in [-0.39, 0.29) is 22.0 Å². The number of carbonyl (C=O) groups is 1. The van der Waals surface area contributed by atoms with Gasteiger partial charge in [0.15, 0.2) is 5.78 Å². The van der Waals surface area contributed by atoms with E-state index in [1.807, 2.05) is 0 Å². The predicted molar refractivity (Wildman–Crippen MR) is 111 cm³/mol. The topological polar surface area (TPSA) is 17.1 Å². The highest BCUT2D eigenvalue weighted by Crippen LogP contribution is 2.51. The second-order valence-electron chi connectivity index (χ2n) is 11.0. The molecule has 0 bridgehead atoms. The molecule has 1 nitrogen and oxygen atoms in total. The van der Waals surface area contributed by atoms with E-state index in [2.05, 4.69) is 59.8 Å². The van der Waals surface area contributed by atoms with Gasteiger partial charge in [-0.2, -0.15) is 0 Å². The summed E-state index contributed by atoms with van der Waals surface area (Å²) in [6, 6.07) is 0. The van der Waals surface area contributed by atoms with Crippen LogP contribution in [0, 0.1) is 22.2 Å². The molecule has 26 heavy (non-hydrogen) atoms. The summed E-state index contributed by atoms with van der Waals surface area (Å²) >= 11 is 0. The van der Waals surface area contributed by atoms with Crippen LogP contribution in [-0.4, -0.2) is 5.78 Å². The van der Waals surface area contributed by atoms with Crippen molar-refractivity contribution in [2.75, 3.05) is 0 Å². The molecule has 144 valence electrons. The van der Waals surface area contributed by atoms with Crippen molar-refractivity contribution >= 4 is 5.78 Å². The van der Waals surface area contributed by atoms with Crippen molar-refractivity contribution in [3.63, 3.8) is 0 Å². The van der Waals surface area contributed by atoms with E-state index in [4.69, 9.17) is 0 Å². The molecule has 0 aliphatic heterocycles. The maximum absolute atomic E-state index is 13.3. The minimum Gasteiger partial charge on any atom is -0.289 e. The van der Waals surface area contributed by atoms with Gasteiger partial charge in [0.05, 0.1) is 0 Å². The van der Waals surface area contributed by atoms with Crippen molar-refractivity contribution in [2.45, 2.75) is 92.9 Å². The third-order valence-electron chi connectivity index (χ3n) is 6.65. The van der Waals surface area contributed by atoms with Gasteiger partial charge in [-0.05, 0) is 48.9 Å². The van der Waals surface area contributed by atoms with Gasteiger partial charge in [-0.1, -0.05) is 84.6 Å². The summed E-state index contributed by atoms with van der Waals surface area (Å²) in [4.78, 5) is 13.3. The fourth-order valence-corrected chi connectivity index (χ4v) is 5.10. The van der Waals surface area contributed by atoms with Crippen molar-refractivity contribution in [1.82, 2.24) is 0 Å². The van der Waals surface area contributed by atoms with E-state index in [9.17, 15) is 4.79 Å². The second kappa shape index (κ2) is 6.80. The molecule has 1 fully saturated rings. The first-order valence-corrected chi connectivity index (χ1v) is 10.7. The van der Waals surface area contributed by atoms with Crippen molar-refractivity contribution in [3.05, 3.63) is 34.9 Å². The van der Waals surface area contributed by atoms with Crippen molar-refractivity contribution in [1.29, 1.82) is 0 Å². The van der Waals surface area contributed by atoms with E-state index >= 15 is 0 Å². The Balaban J connectivity index is 2.00. The minimum atomic E-state index is -0.0962. The van der Waals surface area contributed by atoms with E-state index in [0.29, 0.717) is 0 Å². The lowest BCUT2D eigenvalue weighted by molar-refractivity contribution is -0.114. The Labute approximate surface area is 161 Å². The molecule has 3 aliphatic carbocycles. The van der Waals surface area contributed by atoms with Crippen LogP contribution in [0.4, 0.5) is 0 Å².